The van der Waals surface area contributed by atoms with Gasteiger partial charge in [0.15, 0.2) is 0 Å². The van der Waals surface area contributed by atoms with Gasteiger partial charge in [0.2, 0.25) is 0 Å². The lowest BCUT2D eigenvalue weighted by molar-refractivity contribution is 0.0633. The lowest BCUT2D eigenvalue weighted by atomic mass is 10.1. The number of amides is 1. The average Bonchev–Trinajstić information content (AvgIpc) is 3.15. The fourth-order valence-electron chi connectivity index (χ4n) is 3.81. The molecular weight excluding hydrogens is 358 g/mol. The van der Waals surface area contributed by atoms with Crippen molar-refractivity contribution in [1.29, 1.82) is 0 Å². The Balaban J connectivity index is 1.36. The molecule has 1 aromatic heterocycles. The first kappa shape index (κ1) is 18.5. The van der Waals surface area contributed by atoms with E-state index in [2.05, 4.69) is 34.1 Å². The van der Waals surface area contributed by atoms with Crippen LogP contribution in [0.25, 0.3) is 0 Å². The summed E-state index contributed by atoms with van der Waals surface area (Å²) in [7, 11) is 0. The Morgan fingerprint density at radius 2 is 1.74 bits per heavy atom. The molecule has 2 aromatic rings. The predicted molar refractivity (Wildman–Crippen MR) is 110 cm³/mol. The normalized spacial score (nSPS) is 18.7. The van der Waals surface area contributed by atoms with Crippen LogP contribution in [0.15, 0.2) is 36.4 Å². The minimum atomic E-state index is 0.182. The van der Waals surface area contributed by atoms with Crippen LogP contribution in [-0.4, -0.2) is 68.2 Å². The molecule has 2 aliphatic heterocycles. The second-order valence-corrected chi connectivity index (χ2v) is 8.49. The molecule has 0 saturated carbocycles. The van der Waals surface area contributed by atoms with Gasteiger partial charge in [-0.3, -0.25) is 9.69 Å². The zero-order chi connectivity index (χ0) is 18.6. The van der Waals surface area contributed by atoms with Crippen LogP contribution in [0.4, 0.5) is 5.69 Å². The van der Waals surface area contributed by atoms with Gasteiger partial charge in [0, 0.05) is 56.4 Å². The number of aryl methyl sites for hydroxylation is 1. The molecule has 0 atom stereocenters. The molecule has 1 aromatic carbocycles. The number of hydrogen-bond acceptors (Lipinski definition) is 5. The van der Waals surface area contributed by atoms with Gasteiger partial charge in [-0.1, -0.05) is 18.2 Å². The van der Waals surface area contributed by atoms with E-state index in [0.29, 0.717) is 0 Å². The molecule has 6 heteroatoms. The number of piperazine rings is 1. The van der Waals surface area contributed by atoms with Crippen LogP contribution in [0.5, 0.6) is 0 Å². The average molecular weight is 386 g/mol. The van der Waals surface area contributed by atoms with Gasteiger partial charge < -0.3 is 14.5 Å². The van der Waals surface area contributed by atoms with E-state index in [0.717, 1.165) is 63.9 Å². The summed E-state index contributed by atoms with van der Waals surface area (Å²) < 4.78 is 5.49. The van der Waals surface area contributed by atoms with E-state index < -0.39 is 0 Å². The minimum absolute atomic E-state index is 0.182. The number of morpholine rings is 1. The summed E-state index contributed by atoms with van der Waals surface area (Å²) in [4.78, 5) is 21.6. The summed E-state index contributed by atoms with van der Waals surface area (Å²) >= 11 is 1.59. The van der Waals surface area contributed by atoms with Crippen molar-refractivity contribution in [2.45, 2.75) is 13.5 Å². The minimum Gasteiger partial charge on any atom is -0.378 e. The third-order valence-electron chi connectivity index (χ3n) is 5.35. The van der Waals surface area contributed by atoms with Crippen molar-refractivity contribution in [3.63, 3.8) is 0 Å². The number of hydrogen-bond donors (Lipinski definition) is 0. The summed E-state index contributed by atoms with van der Waals surface area (Å²) in [6.45, 7) is 9.96. The van der Waals surface area contributed by atoms with Crippen molar-refractivity contribution in [1.82, 2.24) is 9.80 Å². The van der Waals surface area contributed by atoms with Crippen LogP contribution in [0.2, 0.25) is 0 Å². The molecule has 0 unspecified atom stereocenters. The van der Waals surface area contributed by atoms with Gasteiger partial charge in [-0.2, -0.15) is 0 Å². The van der Waals surface area contributed by atoms with E-state index >= 15 is 0 Å². The number of nitrogens with zero attached hydrogens (tertiary/aromatic N) is 3. The Bertz CT molecular complexity index is 777. The molecule has 1 amide bonds. The fraction of sp³-hybridized carbons (Fsp3) is 0.476. The van der Waals surface area contributed by atoms with Crippen LogP contribution in [0, 0.1) is 6.92 Å². The molecule has 2 saturated heterocycles. The largest absolute Gasteiger partial charge is 0.378 e. The van der Waals surface area contributed by atoms with Crippen LogP contribution in [0.3, 0.4) is 0 Å². The smallest absolute Gasteiger partial charge is 0.264 e. The summed E-state index contributed by atoms with van der Waals surface area (Å²) in [6, 6.07) is 12.7. The highest BCUT2D eigenvalue weighted by Crippen LogP contribution is 2.24. The first-order valence-electron chi connectivity index (χ1n) is 9.69. The van der Waals surface area contributed by atoms with Crippen molar-refractivity contribution in [3.8, 4) is 0 Å². The topological polar surface area (TPSA) is 36.0 Å². The van der Waals surface area contributed by atoms with Gasteiger partial charge in [-0.25, -0.2) is 0 Å². The number of para-hydroxylation sites is 1. The molecule has 5 nitrogen and oxygen atoms in total. The second kappa shape index (κ2) is 8.42. The van der Waals surface area contributed by atoms with Crippen molar-refractivity contribution in [2.75, 3.05) is 57.4 Å². The van der Waals surface area contributed by atoms with Gasteiger partial charge in [0.05, 0.1) is 18.1 Å². The Labute approximate surface area is 165 Å². The van der Waals surface area contributed by atoms with Crippen molar-refractivity contribution in [2.24, 2.45) is 0 Å². The highest BCUT2D eigenvalue weighted by molar-refractivity contribution is 7.13. The molecular formula is C21H27N3O2S. The van der Waals surface area contributed by atoms with Gasteiger partial charge in [-0.15, -0.1) is 11.3 Å². The van der Waals surface area contributed by atoms with E-state index in [-0.39, 0.29) is 5.91 Å². The lowest BCUT2D eigenvalue weighted by Crippen LogP contribution is -2.48. The number of carbonyl (C=O) groups excluding carboxylic acids is 1. The number of ether oxygens (including phenoxy) is 1. The van der Waals surface area contributed by atoms with Gasteiger partial charge in [0.1, 0.15) is 0 Å². The Morgan fingerprint density at radius 3 is 2.44 bits per heavy atom. The van der Waals surface area contributed by atoms with Gasteiger partial charge in [-0.05, 0) is 30.7 Å². The molecule has 0 bridgehead atoms. The Morgan fingerprint density at radius 1 is 1.00 bits per heavy atom. The molecule has 4 rings (SSSR count). The summed E-state index contributed by atoms with van der Waals surface area (Å²) in [5, 5.41) is 0. The number of rotatable bonds is 4. The van der Waals surface area contributed by atoms with E-state index in [1.807, 2.05) is 24.0 Å². The SMILES string of the molecule is Cc1ccc(C(=O)N2CCN(Cc3ccccc3N3CCOCC3)CC2)s1. The van der Waals surface area contributed by atoms with Crippen LogP contribution < -0.4 is 4.90 Å². The third kappa shape index (κ3) is 4.34. The van der Waals surface area contributed by atoms with Gasteiger partial charge in [0.25, 0.3) is 5.91 Å². The summed E-state index contributed by atoms with van der Waals surface area (Å²) in [5.74, 6) is 0.182. The molecule has 2 fully saturated rings. The number of benzene rings is 1. The zero-order valence-corrected chi connectivity index (χ0v) is 16.7. The molecule has 27 heavy (non-hydrogen) atoms. The Hall–Kier alpha value is -1.89. The summed E-state index contributed by atoms with van der Waals surface area (Å²) in [5.41, 5.74) is 2.70. The van der Waals surface area contributed by atoms with Crippen molar-refractivity contribution < 1.29 is 9.53 Å². The van der Waals surface area contributed by atoms with Gasteiger partial charge >= 0.3 is 0 Å². The monoisotopic (exact) mass is 385 g/mol. The Kier molecular flexibility index (Phi) is 5.76. The number of carbonyl (C=O) groups is 1. The zero-order valence-electron chi connectivity index (χ0n) is 15.9. The highest BCUT2D eigenvalue weighted by Gasteiger charge is 2.24. The van der Waals surface area contributed by atoms with Crippen LogP contribution in [0.1, 0.15) is 20.1 Å². The molecule has 0 N–H and O–H groups in total. The number of thiophene rings is 1. The molecule has 144 valence electrons. The third-order valence-corrected chi connectivity index (χ3v) is 6.34. The molecule has 0 aliphatic carbocycles. The fourth-order valence-corrected chi connectivity index (χ4v) is 4.65. The van der Waals surface area contributed by atoms with Crippen molar-refractivity contribution >= 4 is 22.9 Å². The maximum atomic E-state index is 12.6. The number of anilines is 1. The van der Waals surface area contributed by atoms with E-state index in [1.165, 1.54) is 16.1 Å². The molecule has 3 heterocycles. The maximum absolute atomic E-state index is 12.6. The molecule has 0 radical (unpaired) electrons. The maximum Gasteiger partial charge on any atom is 0.264 e. The standard InChI is InChI=1S/C21H27N3O2S/c1-17-6-7-20(27-17)21(25)24-10-8-22(9-11-24)16-18-4-2-3-5-19(18)23-12-14-26-15-13-23/h2-7H,8-16H2,1H3. The predicted octanol–water partition coefficient (Wildman–Crippen LogP) is 2.85. The van der Waals surface area contributed by atoms with Crippen LogP contribution in [-0.2, 0) is 11.3 Å². The first-order chi connectivity index (χ1) is 13.2. The first-order valence-corrected chi connectivity index (χ1v) is 10.5. The van der Waals surface area contributed by atoms with Crippen molar-refractivity contribution in [3.05, 3.63) is 51.7 Å². The highest BCUT2D eigenvalue weighted by atomic mass is 32.1. The summed E-state index contributed by atoms with van der Waals surface area (Å²) in [6.07, 6.45) is 0. The molecule has 0 spiro atoms. The van der Waals surface area contributed by atoms with E-state index in [9.17, 15) is 4.79 Å². The van der Waals surface area contributed by atoms with Crippen LogP contribution >= 0.6 is 11.3 Å². The van der Waals surface area contributed by atoms with E-state index in [4.69, 9.17) is 4.74 Å². The second-order valence-electron chi connectivity index (χ2n) is 7.21. The molecule has 2 aliphatic rings. The lowest BCUT2D eigenvalue weighted by Gasteiger charge is -2.36. The quantitative estimate of drug-likeness (QED) is 0.811. The van der Waals surface area contributed by atoms with E-state index in [1.54, 1.807) is 11.3 Å².